The van der Waals surface area contributed by atoms with Crippen LogP contribution in [-0.2, 0) is 4.74 Å². The van der Waals surface area contributed by atoms with Gasteiger partial charge in [0, 0.05) is 0 Å². The van der Waals surface area contributed by atoms with Crippen LogP contribution in [0, 0.1) is 0 Å². The zero-order valence-electron chi connectivity index (χ0n) is 2.97. The van der Waals surface area contributed by atoms with Crippen molar-refractivity contribution < 1.29 is 9.84 Å². The van der Waals surface area contributed by atoms with Crippen LogP contribution < -0.4 is 0 Å². The largest absolute Gasteiger partial charge is 0.366 e. The van der Waals surface area contributed by atoms with Crippen LogP contribution in [-0.4, -0.2) is 23.5 Å². The standard InChI is InChI=1S/C2H3BBrO2/c4-3-1-2(5)6-1/h1-2,5H/t1-,2?/m1/s1. The van der Waals surface area contributed by atoms with Gasteiger partial charge in [-0.3, -0.25) is 0 Å². The molecule has 33 valence electrons. The van der Waals surface area contributed by atoms with Crippen LogP contribution in [0.25, 0.3) is 0 Å². The number of aliphatic hydroxyl groups is 1. The summed E-state index contributed by atoms with van der Waals surface area (Å²) in [5, 5.41) is 8.34. The van der Waals surface area contributed by atoms with Gasteiger partial charge in [0.15, 0.2) is 6.29 Å². The lowest BCUT2D eigenvalue weighted by Crippen LogP contribution is -1.94. The van der Waals surface area contributed by atoms with Crippen LogP contribution >= 0.6 is 15.8 Å². The topological polar surface area (TPSA) is 32.8 Å². The highest BCUT2D eigenvalue weighted by Crippen LogP contribution is 2.17. The van der Waals surface area contributed by atoms with E-state index in [0.29, 0.717) is 0 Å². The molecule has 1 fully saturated rings. The van der Waals surface area contributed by atoms with E-state index in [1.54, 1.807) is 6.10 Å². The minimum Gasteiger partial charge on any atom is -0.366 e. The minimum atomic E-state index is -0.538. The molecule has 0 aromatic heterocycles. The molecular formula is C2H3BBrO2. The van der Waals surface area contributed by atoms with Gasteiger partial charge in [0.05, 0.1) is 6.00 Å². The van der Waals surface area contributed by atoms with Crippen molar-refractivity contribution in [2.24, 2.45) is 0 Å². The van der Waals surface area contributed by atoms with E-state index >= 15 is 0 Å². The molecule has 1 unspecified atom stereocenters. The first kappa shape index (κ1) is 4.62. The van der Waals surface area contributed by atoms with Gasteiger partial charge in [-0.15, -0.1) is 0 Å². The lowest BCUT2D eigenvalue weighted by atomic mass is 10.1. The van der Waals surface area contributed by atoms with Crippen LogP contribution in [0.4, 0.5) is 0 Å². The summed E-state index contributed by atoms with van der Waals surface area (Å²) in [4.78, 5) is 0. The maximum Gasteiger partial charge on any atom is 0.248 e. The highest BCUT2D eigenvalue weighted by molar-refractivity contribution is 9.23. The fourth-order valence-electron chi connectivity index (χ4n) is 0.208. The predicted molar refractivity (Wildman–Crippen MR) is 25.6 cm³/mol. The molecule has 1 rings (SSSR count). The Bertz CT molecular complexity index is 57.5. The molecular weight excluding hydrogens is 147 g/mol. The average molecular weight is 150 g/mol. The van der Waals surface area contributed by atoms with E-state index in [-0.39, 0.29) is 6.00 Å². The molecule has 1 aliphatic heterocycles. The first-order valence-corrected chi connectivity index (χ1v) is 2.53. The van der Waals surface area contributed by atoms with Crippen molar-refractivity contribution in [3.05, 3.63) is 0 Å². The first-order valence-electron chi connectivity index (χ1n) is 1.61. The number of epoxide rings is 1. The van der Waals surface area contributed by atoms with Gasteiger partial charge < -0.3 is 9.84 Å². The maximum absolute atomic E-state index is 8.34. The van der Waals surface area contributed by atoms with Crippen molar-refractivity contribution in [1.29, 1.82) is 0 Å². The SMILES string of the molecule is OC1O[C@H]1[B]Br. The number of hydrogen-bond donors (Lipinski definition) is 1. The van der Waals surface area contributed by atoms with Gasteiger partial charge in [-0.05, 0) is 0 Å². The summed E-state index contributed by atoms with van der Waals surface area (Å²) in [6.45, 7) is 0. The fraction of sp³-hybridized carbons (Fsp3) is 1.00. The molecule has 2 nitrogen and oxygen atoms in total. The van der Waals surface area contributed by atoms with Crippen LogP contribution in [0.3, 0.4) is 0 Å². The number of halogens is 1. The minimum absolute atomic E-state index is 0.0509. The van der Waals surface area contributed by atoms with Gasteiger partial charge in [0.2, 0.25) is 6.10 Å². The Morgan fingerprint density at radius 1 is 1.83 bits per heavy atom. The molecule has 6 heavy (non-hydrogen) atoms. The number of hydrogen-bond acceptors (Lipinski definition) is 2. The van der Waals surface area contributed by atoms with E-state index in [0.717, 1.165) is 0 Å². The Kier molecular flexibility index (Phi) is 1.17. The summed E-state index contributed by atoms with van der Waals surface area (Å²) >= 11 is 3.01. The zero-order chi connectivity index (χ0) is 4.57. The van der Waals surface area contributed by atoms with E-state index in [9.17, 15) is 0 Å². The van der Waals surface area contributed by atoms with Crippen molar-refractivity contribution in [3.8, 4) is 0 Å². The molecule has 4 heteroatoms. The third-order valence-electron chi connectivity index (χ3n) is 0.625. The first-order chi connectivity index (χ1) is 2.84. The molecule has 0 amide bonds. The van der Waals surface area contributed by atoms with Crippen molar-refractivity contribution in [2.75, 3.05) is 0 Å². The van der Waals surface area contributed by atoms with Gasteiger partial charge >= 0.3 is 0 Å². The smallest absolute Gasteiger partial charge is 0.248 e. The van der Waals surface area contributed by atoms with Gasteiger partial charge in [-0.1, -0.05) is 0 Å². The summed E-state index contributed by atoms with van der Waals surface area (Å²) in [6, 6.07) is -0.0509. The molecule has 0 aliphatic carbocycles. The summed E-state index contributed by atoms with van der Waals surface area (Å²) in [5.41, 5.74) is 0. The molecule has 1 saturated heterocycles. The average Bonchev–Trinajstić information content (AvgIpc) is 2.19. The van der Waals surface area contributed by atoms with E-state index in [4.69, 9.17) is 5.11 Å². The second kappa shape index (κ2) is 1.52. The summed E-state index contributed by atoms with van der Waals surface area (Å²) in [6.07, 6.45) is 1.10. The van der Waals surface area contributed by atoms with Gasteiger partial charge in [0.1, 0.15) is 0 Å². The van der Waals surface area contributed by atoms with Crippen LogP contribution in [0.2, 0.25) is 0 Å². The van der Waals surface area contributed by atoms with E-state index in [2.05, 4.69) is 20.5 Å². The molecule has 1 radical (unpaired) electrons. The molecule has 0 aromatic carbocycles. The summed E-state index contributed by atoms with van der Waals surface area (Å²) in [5.74, 6) is 0. The third-order valence-corrected chi connectivity index (χ3v) is 1.15. The Labute approximate surface area is 44.7 Å². The Morgan fingerprint density at radius 2 is 2.33 bits per heavy atom. The Hall–Kier alpha value is 0.465. The molecule has 1 N–H and O–H groups in total. The van der Waals surface area contributed by atoms with Crippen molar-refractivity contribution in [1.82, 2.24) is 0 Å². The Morgan fingerprint density at radius 3 is 2.33 bits per heavy atom. The number of rotatable bonds is 1. The van der Waals surface area contributed by atoms with E-state index in [1.165, 1.54) is 0 Å². The highest BCUT2D eigenvalue weighted by Gasteiger charge is 2.35. The predicted octanol–water partition coefficient (Wildman–Crippen LogP) is -0.325. The Balaban J connectivity index is 2.09. The van der Waals surface area contributed by atoms with Gasteiger partial charge in [0.25, 0.3) is 0 Å². The fourth-order valence-corrected chi connectivity index (χ4v) is 0.593. The van der Waals surface area contributed by atoms with E-state index in [1.807, 2.05) is 0 Å². The molecule has 0 saturated carbocycles. The number of ether oxygens (including phenoxy) is 1. The summed E-state index contributed by atoms with van der Waals surface area (Å²) < 4.78 is 4.52. The maximum atomic E-state index is 8.34. The summed E-state index contributed by atoms with van der Waals surface area (Å²) in [7, 11) is 0. The quantitative estimate of drug-likeness (QED) is 0.410. The third kappa shape index (κ3) is 0.748. The normalized spacial score (nSPS) is 42.3. The lowest BCUT2D eigenvalue weighted by molar-refractivity contribution is 0.156. The molecule has 1 aliphatic rings. The van der Waals surface area contributed by atoms with Crippen LogP contribution in [0.5, 0.6) is 0 Å². The lowest BCUT2D eigenvalue weighted by Gasteiger charge is -1.66. The molecule has 1 heterocycles. The number of aliphatic hydroxyl groups excluding tert-OH is 1. The zero-order valence-corrected chi connectivity index (χ0v) is 4.55. The monoisotopic (exact) mass is 149 g/mol. The van der Waals surface area contributed by atoms with E-state index < -0.39 is 6.29 Å². The second-order valence-electron chi connectivity index (χ2n) is 1.12. The highest BCUT2D eigenvalue weighted by atomic mass is 79.9. The molecule has 0 spiro atoms. The van der Waals surface area contributed by atoms with Crippen molar-refractivity contribution in [3.63, 3.8) is 0 Å². The van der Waals surface area contributed by atoms with Gasteiger partial charge in [-0.25, -0.2) is 0 Å². The molecule has 2 atom stereocenters. The molecule has 0 bridgehead atoms. The van der Waals surface area contributed by atoms with Crippen molar-refractivity contribution >= 4 is 21.9 Å². The van der Waals surface area contributed by atoms with Crippen molar-refractivity contribution in [2.45, 2.75) is 12.3 Å². The van der Waals surface area contributed by atoms with Crippen LogP contribution in [0.1, 0.15) is 0 Å². The molecule has 0 aromatic rings. The van der Waals surface area contributed by atoms with Crippen LogP contribution in [0.15, 0.2) is 0 Å². The second-order valence-corrected chi connectivity index (χ2v) is 1.65. The van der Waals surface area contributed by atoms with Gasteiger partial charge in [-0.2, -0.15) is 15.8 Å².